The minimum atomic E-state index is -4.70. The Morgan fingerprint density at radius 1 is 1.05 bits per heavy atom. The molecule has 0 radical (unpaired) electrons. The summed E-state index contributed by atoms with van der Waals surface area (Å²) in [6.45, 7) is 8.95. The van der Waals surface area contributed by atoms with Gasteiger partial charge >= 0.3 is 12.2 Å². The highest BCUT2D eigenvalue weighted by Gasteiger charge is 2.49. The summed E-state index contributed by atoms with van der Waals surface area (Å²) >= 11 is 0. The molecule has 1 saturated heterocycles. The Kier molecular flexibility index (Phi) is 7.90. The molecule has 11 heteroatoms. The highest BCUT2D eigenvalue weighted by Crippen LogP contribution is 2.43. The zero-order valence-corrected chi connectivity index (χ0v) is 22.7. The lowest BCUT2D eigenvalue weighted by Gasteiger charge is -2.38. The monoisotopic (exact) mass is 567 g/mol. The van der Waals surface area contributed by atoms with Gasteiger partial charge in [0, 0.05) is 32.7 Å². The number of carbonyl (C=O) groups is 3. The maximum Gasteiger partial charge on any atom is 0.416 e. The normalized spacial score (nSPS) is 20.7. The van der Waals surface area contributed by atoms with Crippen LogP contribution in [0.1, 0.15) is 35.7 Å². The summed E-state index contributed by atoms with van der Waals surface area (Å²) in [6, 6.07) is 10.8. The number of piperazine rings is 1. The molecule has 1 N–H and O–H groups in total. The zero-order valence-electron chi connectivity index (χ0n) is 22.7. The first-order chi connectivity index (χ1) is 19.7. The van der Waals surface area contributed by atoms with Gasteiger partial charge in [-0.25, -0.2) is 4.79 Å². The lowest BCUT2D eigenvalue weighted by molar-refractivity contribution is -0.144. The summed E-state index contributed by atoms with van der Waals surface area (Å²) < 4.78 is 42.1. The van der Waals surface area contributed by atoms with E-state index in [0.717, 1.165) is 12.6 Å². The van der Waals surface area contributed by atoms with Gasteiger partial charge in [0.25, 0.3) is 5.91 Å². The molecule has 2 aromatic carbocycles. The Morgan fingerprint density at radius 3 is 2.34 bits per heavy atom. The van der Waals surface area contributed by atoms with E-state index in [0.29, 0.717) is 31.7 Å². The molecule has 0 spiro atoms. The topological polar surface area (TPSA) is 76.2 Å². The SMILES string of the molecule is C=CCN1C(=O)NC(c2ccccc2C(F)(F)F)C2=C1CN(C(C(=O)N1CCN(CC)CC1)c1ccccc1)C2=O. The van der Waals surface area contributed by atoms with Crippen molar-refractivity contribution >= 4 is 17.8 Å². The average molecular weight is 568 g/mol. The van der Waals surface area contributed by atoms with Gasteiger partial charge < -0.3 is 20.0 Å². The molecule has 2 aromatic rings. The quantitative estimate of drug-likeness (QED) is 0.514. The predicted molar refractivity (Wildman–Crippen MR) is 146 cm³/mol. The molecule has 0 aromatic heterocycles. The molecule has 5 rings (SSSR count). The Bertz CT molecular complexity index is 1370. The molecular formula is C30H32F3N5O3. The van der Waals surface area contributed by atoms with Crippen LogP contribution in [0.5, 0.6) is 0 Å². The van der Waals surface area contributed by atoms with E-state index in [4.69, 9.17) is 0 Å². The first-order valence-corrected chi connectivity index (χ1v) is 13.6. The summed E-state index contributed by atoms with van der Waals surface area (Å²) in [6.07, 6.45) is -3.22. The van der Waals surface area contributed by atoms with Gasteiger partial charge in [-0.1, -0.05) is 61.5 Å². The van der Waals surface area contributed by atoms with Crippen molar-refractivity contribution in [2.75, 3.05) is 45.8 Å². The van der Waals surface area contributed by atoms with Crippen LogP contribution >= 0.6 is 0 Å². The Hall–Kier alpha value is -4.12. The number of hydrogen-bond donors (Lipinski definition) is 1. The number of carbonyl (C=O) groups excluding carboxylic acids is 3. The number of rotatable bonds is 7. The molecular weight excluding hydrogens is 535 g/mol. The van der Waals surface area contributed by atoms with Crippen LogP contribution in [0.15, 0.2) is 78.5 Å². The fourth-order valence-electron chi connectivity index (χ4n) is 5.83. The summed E-state index contributed by atoms with van der Waals surface area (Å²) in [5, 5.41) is 2.62. The fourth-order valence-corrected chi connectivity index (χ4v) is 5.83. The third kappa shape index (κ3) is 5.33. The first-order valence-electron chi connectivity index (χ1n) is 13.6. The zero-order chi connectivity index (χ0) is 29.3. The van der Waals surface area contributed by atoms with E-state index in [1.54, 1.807) is 35.2 Å². The van der Waals surface area contributed by atoms with Crippen LogP contribution in [0.3, 0.4) is 0 Å². The number of hydrogen-bond acceptors (Lipinski definition) is 4. The number of amides is 4. The van der Waals surface area contributed by atoms with Gasteiger partial charge in [0.15, 0.2) is 0 Å². The van der Waals surface area contributed by atoms with Gasteiger partial charge in [0.1, 0.15) is 6.04 Å². The molecule has 3 heterocycles. The van der Waals surface area contributed by atoms with Crippen LogP contribution in [0.2, 0.25) is 0 Å². The molecule has 2 unspecified atom stereocenters. The van der Waals surface area contributed by atoms with Crippen molar-refractivity contribution in [2.24, 2.45) is 0 Å². The smallest absolute Gasteiger partial charge is 0.338 e. The number of nitrogens with one attached hydrogen (secondary N) is 1. The molecule has 3 aliphatic heterocycles. The van der Waals surface area contributed by atoms with Gasteiger partial charge in [-0.2, -0.15) is 13.2 Å². The Labute approximate surface area is 236 Å². The van der Waals surface area contributed by atoms with Gasteiger partial charge in [0.2, 0.25) is 5.91 Å². The fraction of sp³-hybridized carbons (Fsp3) is 0.367. The van der Waals surface area contributed by atoms with Crippen molar-refractivity contribution in [1.29, 1.82) is 0 Å². The maximum atomic E-state index is 14.2. The number of likely N-dealkylation sites (N-methyl/N-ethyl adjacent to an activating group) is 1. The standard InChI is InChI=1S/C30H32F3N5O3/c1-3-14-37-23-19-38(26(20-10-6-5-7-11-20)28(40)36-17-15-35(4-2)16-18-36)27(39)24(23)25(34-29(37)41)21-12-8-9-13-22(21)30(31,32)33/h3,5-13,25-26H,1,4,14-19H2,2H3,(H,34,41). The third-order valence-corrected chi connectivity index (χ3v) is 7.93. The third-order valence-electron chi connectivity index (χ3n) is 7.93. The van der Waals surface area contributed by atoms with E-state index in [9.17, 15) is 27.6 Å². The van der Waals surface area contributed by atoms with Crippen molar-refractivity contribution in [3.8, 4) is 0 Å². The molecule has 0 saturated carbocycles. The molecule has 0 bridgehead atoms. The second-order valence-electron chi connectivity index (χ2n) is 10.2. The van der Waals surface area contributed by atoms with Crippen molar-refractivity contribution in [1.82, 2.24) is 24.9 Å². The summed E-state index contributed by atoms with van der Waals surface area (Å²) in [5.41, 5.74) is -0.291. The second-order valence-corrected chi connectivity index (χ2v) is 10.2. The first kappa shape index (κ1) is 28.4. The predicted octanol–water partition coefficient (Wildman–Crippen LogP) is 3.96. The van der Waals surface area contributed by atoms with Crippen molar-refractivity contribution < 1.29 is 27.6 Å². The second kappa shape index (κ2) is 11.4. The summed E-state index contributed by atoms with van der Waals surface area (Å²) in [5.74, 6) is -0.854. The minimum Gasteiger partial charge on any atom is -0.338 e. The number of halogens is 3. The largest absolute Gasteiger partial charge is 0.416 e. The maximum absolute atomic E-state index is 14.2. The van der Waals surface area contributed by atoms with Crippen molar-refractivity contribution in [2.45, 2.75) is 25.2 Å². The van der Waals surface area contributed by atoms with Gasteiger partial charge in [-0.3, -0.25) is 14.5 Å². The Morgan fingerprint density at radius 2 is 1.71 bits per heavy atom. The lowest BCUT2D eigenvalue weighted by atomic mass is 9.91. The molecule has 0 aliphatic carbocycles. The highest BCUT2D eigenvalue weighted by atomic mass is 19.4. The van der Waals surface area contributed by atoms with Crippen LogP contribution in [0.25, 0.3) is 0 Å². The van der Waals surface area contributed by atoms with Gasteiger partial charge in [-0.15, -0.1) is 6.58 Å². The Balaban J connectivity index is 1.57. The molecule has 1 fully saturated rings. The van der Waals surface area contributed by atoms with Crippen LogP contribution in [-0.4, -0.2) is 83.3 Å². The minimum absolute atomic E-state index is 0.0210. The highest BCUT2D eigenvalue weighted by molar-refractivity contribution is 6.04. The van der Waals surface area contributed by atoms with Crippen molar-refractivity contribution in [3.63, 3.8) is 0 Å². The number of benzene rings is 2. The van der Waals surface area contributed by atoms with Gasteiger partial charge in [-0.05, 0) is 23.7 Å². The molecule has 216 valence electrons. The van der Waals surface area contributed by atoms with Crippen LogP contribution in [0.4, 0.5) is 18.0 Å². The lowest BCUT2D eigenvalue weighted by Crippen LogP contribution is -2.52. The summed E-state index contributed by atoms with van der Waals surface area (Å²) in [4.78, 5) is 48.2. The van der Waals surface area contributed by atoms with E-state index in [-0.39, 0.29) is 35.8 Å². The van der Waals surface area contributed by atoms with E-state index in [1.807, 2.05) is 0 Å². The van der Waals surface area contributed by atoms with E-state index >= 15 is 0 Å². The van der Waals surface area contributed by atoms with Crippen LogP contribution in [-0.2, 0) is 15.8 Å². The van der Waals surface area contributed by atoms with Crippen LogP contribution < -0.4 is 5.32 Å². The van der Waals surface area contributed by atoms with Gasteiger partial charge in [0.05, 0.1) is 29.4 Å². The molecule has 2 atom stereocenters. The molecule has 41 heavy (non-hydrogen) atoms. The van der Waals surface area contributed by atoms with E-state index < -0.39 is 35.8 Å². The molecule has 4 amide bonds. The van der Waals surface area contributed by atoms with E-state index in [2.05, 4.69) is 23.7 Å². The van der Waals surface area contributed by atoms with Crippen molar-refractivity contribution in [3.05, 3.63) is 95.2 Å². The molecule has 3 aliphatic rings. The molecule has 8 nitrogen and oxygen atoms in total. The average Bonchev–Trinajstić information content (AvgIpc) is 3.31. The summed E-state index contributed by atoms with van der Waals surface area (Å²) in [7, 11) is 0. The number of nitrogens with zero attached hydrogens (tertiary/aromatic N) is 4. The van der Waals surface area contributed by atoms with E-state index in [1.165, 1.54) is 34.1 Å². The number of urea groups is 1. The number of alkyl halides is 3. The van der Waals surface area contributed by atoms with Crippen LogP contribution in [0, 0.1) is 0 Å².